The molecule has 2 heterocycles. The van der Waals surface area contributed by atoms with Crippen LogP contribution in [0.1, 0.15) is 41.5 Å². The maximum absolute atomic E-state index is 12.2. The molecule has 120 valence electrons. The van der Waals surface area contributed by atoms with Gasteiger partial charge in [-0.3, -0.25) is 4.79 Å². The highest BCUT2D eigenvalue weighted by Crippen LogP contribution is 2.26. The molecule has 0 aliphatic carbocycles. The lowest BCUT2D eigenvalue weighted by Gasteiger charge is -2.02. The molecular formula is C17H19N3O2S. The highest BCUT2D eigenvalue weighted by Gasteiger charge is 2.14. The molecule has 0 radical (unpaired) electrons. The number of carbonyl (C=O) groups is 1. The van der Waals surface area contributed by atoms with Crippen LogP contribution >= 0.6 is 11.3 Å². The maximum atomic E-state index is 12.2. The van der Waals surface area contributed by atoms with Crippen molar-refractivity contribution in [3.8, 4) is 0 Å². The number of aryl methyl sites for hydroxylation is 2. The van der Waals surface area contributed by atoms with E-state index in [4.69, 9.17) is 4.42 Å². The van der Waals surface area contributed by atoms with E-state index in [-0.39, 0.29) is 12.3 Å². The second-order valence-electron chi connectivity index (χ2n) is 6.02. The molecular weight excluding hydrogens is 310 g/mol. The van der Waals surface area contributed by atoms with Gasteiger partial charge in [0, 0.05) is 16.9 Å². The summed E-state index contributed by atoms with van der Waals surface area (Å²) in [5, 5.41) is 13.3. The summed E-state index contributed by atoms with van der Waals surface area (Å²) in [5.41, 5.74) is 4.06. The fourth-order valence-corrected chi connectivity index (χ4v) is 3.09. The molecule has 3 aromatic rings. The van der Waals surface area contributed by atoms with Crippen LogP contribution in [-0.4, -0.2) is 16.1 Å². The van der Waals surface area contributed by atoms with Crippen molar-refractivity contribution in [3.05, 3.63) is 40.1 Å². The molecule has 23 heavy (non-hydrogen) atoms. The second kappa shape index (κ2) is 6.12. The van der Waals surface area contributed by atoms with Gasteiger partial charge in [0.15, 0.2) is 0 Å². The zero-order valence-electron chi connectivity index (χ0n) is 13.6. The lowest BCUT2D eigenvalue weighted by atomic mass is 10.0. The first-order chi connectivity index (χ1) is 10.9. The van der Waals surface area contributed by atoms with Crippen molar-refractivity contribution in [1.82, 2.24) is 10.2 Å². The number of hydrogen-bond donors (Lipinski definition) is 1. The van der Waals surface area contributed by atoms with Crippen LogP contribution in [-0.2, 0) is 11.2 Å². The summed E-state index contributed by atoms with van der Waals surface area (Å²) in [7, 11) is 0. The van der Waals surface area contributed by atoms with E-state index in [1.807, 2.05) is 26.8 Å². The van der Waals surface area contributed by atoms with E-state index in [2.05, 4.69) is 28.5 Å². The number of nitrogens with one attached hydrogen (secondary N) is 1. The summed E-state index contributed by atoms with van der Waals surface area (Å²) in [6.07, 6.45) is 1.91. The molecule has 0 unspecified atom stereocenters. The Labute approximate surface area is 138 Å². The van der Waals surface area contributed by atoms with E-state index in [1.54, 1.807) is 6.26 Å². The Kier molecular flexibility index (Phi) is 4.17. The van der Waals surface area contributed by atoms with Crippen molar-refractivity contribution in [3.63, 3.8) is 0 Å². The minimum Gasteiger partial charge on any atom is -0.464 e. The number of rotatable bonds is 4. The van der Waals surface area contributed by atoms with Gasteiger partial charge >= 0.3 is 0 Å². The molecule has 0 spiro atoms. The number of furan rings is 1. The van der Waals surface area contributed by atoms with E-state index >= 15 is 0 Å². The van der Waals surface area contributed by atoms with Gasteiger partial charge < -0.3 is 9.73 Å². The van der Waals surface area contributed by atoms with Crippen molar-refractivity contribution in [1.29, 1.82) is 0 Å². The van der Waals surface area contributed by atoms with Crippen LogP contribution in [0.3, 0.4) is 0 Å². The van der Waals surface area contributed by atoms with Gasteiger partial charge in [0.2, 0.25) is 11.0 Å². The smallest absolute Gasteiger partial charge is 0.230 e. The largest absolute Gasteiger partial charge is 0.464 e. The molecule has 3 rings (SSSR count). The van der Waals surface area contributed by atoms with Crippen LogP contribution in [0.15, 0.2) is 22.8 Å². The van der Waals surface area contributed by atoms with E-state index in [0.29, 0.717) is 11.0 Å². The molecule has 0 aliphatic heterocycles. The number of hydrogen-bond acceptors (Lipinski definition) is 5. The summed E-state index contributed by atoms with van der Waals surface area (Å²) in [5.74, 6) is 0.194. The standard InChI is InChI=1S/C17H19N3O2S/c1-9(2)16-19-20-17(23-16)18-15(21)7-12-8-22-14-6-11(4)10(3)5-13(12)14/h5-6,8-9H,7H2,1-4H3,(H,18,20,21). The molecule has 0 bridgehead atoms. The lowest BCUT2D eigenvalue weighted by Crippen LogP contribution is -2.14. The molecule has 0 saturated carbocycles. The van der Waals surface area contributed by atoms with E-state index in [1.165, 1.54) is 22.5 Å². The number of aromatic nitrogens is 2. The number of benzene rings is 1. The van der Waals surface area contributed by atoms with Gasteiger partial charge in [-0.25, -0.2) is 0 Å². The minimum absolute atomic E-state index is 0.114. The van der Waals surface area contributed by atoms with Crippen LogP contribution in [0.2, 0.25) is 0 Å². The van der Waals surface area contributed by atoms with Gasteiger partial charge in [0.1, 0.15) is 10.6 Å². The summed E-state index contributed by atoms with van der Waals surface area (Å²) >= 11 is 1.41. The van der Waals surface area contributed by atoms with Crippen LogP contribution in [0.5, 0.6) is 0 Å². The van der Waals surface area contributed by atoms with Crippen molar-refractivity contribution >= 4 is 33.3 Å². The molecule has 0 atom stereocenters. The van der Waals surface area contributed by atoms with E-state index < -0.39 is 0 Å². The first kappa shape index (κ1) is 15.7. The zero-order valence-corrected chi connectivity index (χ0v) is 14.5. The average Bonchev–Trinajstić information content (AvgIpc) is 3.08. The minimum atomic E-state index is -0.114. The number of anilines is 1. The quantitative estimate of drug-likeness (QED) is 0.778. The first-order valence-corrected chi connectivity index (χ1v) is 8.36. The van der Waals surface area contributed by atoms with Crippen molar-refractivity contribution in [2.24, 2.45) is 0 Å². The Morgan fingerprint density at radius 1 is 1.26 bits per heavy atom. The van der Waals surface area contributed by atoms with Gasteiger partial charge in [-0.15, -0.1) is 10.2 Å². The number of fused-ring (bicyclic) bond motifs is 1. The lowest BCUT2D eigenvalue weighted by molar-refractivity contribution is -0.115. The van der Waals surface area contributed by atoms with Crippen LogP contribution < -0.4 is 5.32 Å². The molecule has 1 N–H and O–H groups in total. The molecule has 2 aromatic heterocycles. The van der Waals surface area contributed by atoms with Gasteiger partial charge in [-0.2, -0.15) is 0 Å². The van der Waals surface area contributed by atoms with Gasteiger partial charge in [0.25, 0.3) is 0 Å². The molecule has 1 amide bonds. The van der Waals surface area contributed by atoms with Crippen molar-refractivity contribution in [2.45, 2.75) is 40.0 Å². The second-order valence-corrected chi connectivity index (χ2v) is 7.03. The van der Waals surface area contributed by atoms with Crippen LogP contribution in [0.4, 0.5) is 5.13 Å². The summed E-state index contributed by atoms with van der Waals surface area (Å²) in [6.45, 7) is 8.20. The van der Waals surface area contributed by atoms with Crippen molar-refractivity contribution in [2.75, 3.05) is 5.32 Å². The SMILES string of the molecule is Cc1cc2occ(CC(=O)Nc3nnc(C(C)C)s3)c2cc1C. The third-order valence-corrected chi connectivity index (χ3v) is 4.94. The maximum Gasteiger partial charge on any atom is 0.230 e. The molecule has 6 heteroatoms. The van der Waals surface area contributed by atoms with Gasteiger partial charge in [0.05, 0.1) is 12.7 Å². The molecule has 0 aliphatic rings. The Morgan fingerprint density at radius 2 is 2.00 bits per heavy atom. The van der Waals surface area contributed by atoms with Crippen LogP contribution in [0.25, 0.3) is 11.0 Å². The molecule has 1 aromatic carbocycles. The van der Waals surface area contributed by atoms with E-state index in [0.717, 1.165) is 21.5 Å². The number of nitrogens with zero attached hydrogens (tertiary/aromatic N) is 2. The summed E-state index contributed by atoms with van der Waals surface area (Å²) in [6, 6.07) is 4.07. The molecule has 0 fully saturated rings. The third kappa shape index (κ3) is 3.27. The Bertz CT molecular complexity index is 864. The normalized spacial score (nSPS) is 11.3. The number of carbonyl (C=O) groups excluding carboxylic acids is 1. The van der Waals surface area contributed by atoms with Crippen LogP contribution in [0, 0.1) is 13.8 Å². The summed E-state index contributed by atoms with van der Waals surface area (Å²) < 4.78 is 5.57. The average molecular weight is 329 g/mol. The zero-order chi connectivity index (χ0) is 16.6. The molecule has 5 nitrogen and oxygen atoms in total. The Hall–Kier alpha value is -2.21. The van der Waals surface area contributed by atoms with Crippen molar-refractivity contribution < 1.29 is 9.21 Å². The number of amides is 1. The Balaban J connectivity index is 1.76. The Morgan fingerprint density at radius 3 is 2.70 bits per heavy atom. The highest BCUT2D eigenvalue weighted by molar-refractivity contribution is 7.15. The van der Waals surface area contributed by atoms with Gasteiger partial charge in [-0.1, -0.05) is 25.2 Å². The molecule has 0 saturated heterocycles. The predicted molar refractivity (Wildman–Crippen MR) is 92.0 cm³/mol. The van der Waals surface area contributed by atoms with E-state index in [9.17, 15) is 4.79 Å². The topological polar surface area (TPSA) is 68.0 Å². The first-order valence-electron chi connectivity index (χ1n) is 7.54. The third-order valence-electron chi connectivity index (χ3n) is 3.80. The predicted octanol–water partition coefficient (Wildman–Crippen LogP) is 4.21. The highest BCUT2D eigenvalue weighted by atomic mass is 32.1. The fraction of sp³-hybridized carbons (Fsp3) is 0.353. The monoisotopic (exact) mass is 329 g/mol. The van der Waals surface area contributed by atoms with Gasteiger partial charge in [-0.05, 0) is 37.1 Å². The fourth-order valence-electron chi connectivity index (χ4n) is 2.33. The summed E-state index contributed by atoms with van der Waals surface area (Å²) in [4.78, 5) is 12.2.